The third-order valence-corrected chi connectivity index (χ3v) is 2.23. The molecule has 1 N–H and O–H groups in total. The number of para-hydroxylation sites is 1. The lowest BCUT2D eigenvalue weighted by Crippen LogP contribution is -2.09. The van der Waals surface area contributed by atoms with E-state index in [9.17, 15) is 9.90 Å². The number of benzene rings is 1. The van der Waals surface area contributed by atoms with Crippen molar-refractivity contribution in [2.75, 3.05) is 0 Å². The Morgan fingerprint density at radius 3 is 2.56 bits per heavy atom. The molecule has 0 radical (unpaired) electrons. The van der Waals surface area contributed by atoms with Crippen molar-refractivity contribution >= 4 is 12.4 Å². The van der Waals surface area contributed by atoms with Gasteiger partial charge in [-0.15, -0.1) is 0 Å². The third-order valence-electron chi connectivity index (χ3n) is 2.23. The summed E-state index contributed by atoms with van der Waals surface area (Å²) in [4.78, 5) is 10.2. The van der Waals surface area contributed by atoms with Gasteiger partial charge in [0.2, 0.25) is 0 Å². The van der Waals surface area contributed by atoms with E-state index in [1.165, 1.54) is 6.08 Å². The number of carbonyl (C=O) groups is 1. The highest BCUT2D eigenvalue weighted by Gasteiger charge is 2.14. The molecule has 1 rings (SSSR count). The van der Waals surface area contributed by atoms with Crippen molar-refractivity contribution in [3.8, 4) is 5.75 Å². The largest absolute Gasteiger partial charge is 0.507 e. The Labute approximate surface area is 96.6 Å². The van der Waals surface area contributed by atoms with Crippen LogP contribution in [-0.2, 0) is 11.2 Å². The summed E-state index contributed by atoms with van der Waals surface area (Å²) in [5, 5.41) is 10.0. The van der Waals surface area contributed by atoms with Crippen LogP contribution in [0.5, 0.6) is 5.75 Å². The molecular weight excluding hydrogens is 200 g/mol. The standard InChI is InChI=1S/C14H18O2/c1-14(2,3)10-12-7-4-6-11(13(12)16)8-5-9-15/h4-9,16H,10H2,1-3H3/b8-5+. The molecular formula is C14H18O2. The highest BCUT2D eigenvalue weighted by Crippen LogP contribution is 2.29. The first-order valence-electron chi connectivity index (χ1n) is 5.37. The van der Waals surface area contributed by atoms with Crippen LogP contribution in [0.2, 0.25) is 0 Å². The van der Waals surface area contributed by atoms with Gasteiger partial charge in [0, 0.05) is 5.56 Å². The Kier molecular flexibility index (Phi) is 3.88. The van der Waals surface area contributed by atoms with Crippen molar-refractivity contribution in [2.45, 2.75) is 27.2 Å². The summed E-state index contributed by atoms with van der Waals surface area (Å²) in [7, 11) is 0. The van der Waals surface area contributed by atoms with Gasteiger partial charge in [0.25, 0.3) is 0 Å². The monoisotopic (exact) mass is 218 g/mol. The topological polar surface area (TPSA) is 37.3 Å². The maximum atomic E-state index is 10.2. The van der Waals surface area contributed by atoms with Crippen LogP contribution >= 0.6 is 0 Å². The predicted octanol–water partition coefficient (Wildman–Crippen LogP) is 3.19. The highest BCUT2D eigenvalue weighted by atomic mass is 16.3. The Hall–Kier alpha value is -1.57. The number of carbonyl (C=O) groups excluding carboxylic acids is 1. The van der Waals surface area contributed by atoms with Gasteiger partial charge in [0.1, 0.15) is 12.0 Å². The van der Waals surface area contributed by atoms with E-state index in [-0.39, 0.29) is 11.2 Å². The molecule has 0 amide bonds. The first-order valence-corrected chi connectivity index (χ1v) is 5.37. The molecule has 0 saturated heterocycles. The van der Waals surface area contributed by atoms with Gasteiger partial charge in [-0.1, -0.05) is 39.0 Å². The quantitative estimate of drug-likeness (QED) is 0.625. The van der Waals surface area contributed by atoms with Crippen LogP contribution in [0.15, 0.2) is 24.3 Å². The fourth-order valence-electron chi connectivity index (χ4n) is 1.60. The maximum absolute atomic E-state index is 10.2. The molecule has 2 nitrogen and oxygen atoms in total. The molecule has 1 aromatic carbocycles. The lowest BCUT2D eigenvalue weighted by Gasteiger charge is -2.19. The molecule has 0 aliphatic heterocycles. The zero-order valence-corrected chi connectivity index (χ0v) is 10.0. The molecule has 16 heavy (non-hydrogen) atoms. The lowest BCUT2D eigenvalue weighted by atomic mass is 9.87. The van der Waals surface area contributed by atoms with Crippen LogP contribution in [-0.4, -0.2) is 11.4 Å². The van der Waals surface area contributed by atoms with E-state index in [1.807, 2.05) is 12.1 Å². The van der Waals surface area contributed by atoms with E-state index < -0.39 is 0 Å². The van der Waals surface area contributed by atoms with Crippen molar-refractivity contribution in [1.29, 1.82) is 0 Å². The van der Waals surface area contributed by atoms with Crippen LogP contribution in [0.4, 0.5) is 0 Å². The summed E-state index contributed by atoms with van der Waals surface area (Å²) in [5.74, 6) is 0.274. The van der Waals surface area contributed by atoms with Gasteiger partial charge in [-0.2, -0.15) is 0 Å². The summed E-state index contributed by atoms with van der Waals surface area (Å²) in [6.45, 7) is 6.38. The first kappa shape index (κ1) is 12.5. The second kappa shape index (κ2) is 4.97. The van der Waals surface area contributed by atoms with Crippen molar-refractivity contribution in [2.24, 2.45) is 5.41 Å². The average Bonchev–Trinajstić information content (AvgIpc) is 2.17. The van der Waals surface area contributed by atoms with Crippen LogP contribution in [0, 0.1) is 5.41 Å². The van der Waals surface area contributed by atoms with E-state index >= 15 is 0 Å². The zero-order valence-electron chi connectivity index (χ0n) is 10.0. The Bertz CT molecular complexity index is 398. The number of aldehydes is 1. The molecule has 0 saturated carbocycles. The first-order chi connectivity index (χ1) is 7.44. The minimum Gasteiger partial charge on any atom is -0.507 e. The molecule has 0 aliphatic carbocycles. The Morgan fingerprint density at radius 1 is 1.31 bits per heavy atom. The minimum absolute atomic E-state index is 0.129. The van der Waals surface area contributed by atoms with Crippen molar-refractivity contribution in [3.05, 3.63) is 35.4 Å². The lowest BCUT2D eigenvalue weighted by molar-refractivity contribution is -0.104. The zero-order chi connectivity index (χ0) is 12.2. The fourth-order valence-corrected chi connectivity index (χ4v) is 1.60. The molecule has 0 unspecified atom stereocenters. The number of phenols is 1. The van der Waals surface area contributed by atoms with Gasteiger partial charge in [-0.3, -0.25) is 4.79 Å². The average molecular weight is 218 g/mol. The molecule has 2 heteroatoms. The second-order valence-corrected chi connectivity index (χ2v) is 5.09. The molecule has 0 atom stereocenters. The summed E-state index contributed by atoms with van der Waals surface area (Å²) in [6.07, 6.45) is 4.52. The molecule has 0 aliphatic rings. The number of aromatic hydroxyl groups is 1. The van der Waals surface area contributed by atoms with Crippen molar-refractivity contribution in [3.63, 3.8) is 0 Å². The molecule has 1 aromatic rings. The second-order valence-electron chi connectivity index (χ2n) is 5.09. The van der Waals surface area contributed by atoms with Gasteiger partial charge >= 0.3 is 0 Å². The normalized spacial score (nSPS) is 11.9. The van der Waals surface area contributed by atoms with Crippen molar-refractivity contribution < 1.29 is 9.90 Å². The molecule has 86 valence electrons. The van der Waals surface area contributed by atoms with E-state index in [1.54, 1.807) is 12.1 Å². The van der Waals surface area contributed by atoms with Crippen LogP contribution in [0.25, 0.3) is 6.08 Å². The fraction of sp³-hybridized carbons (Fsp3) is 0.357. The van der Waals surface area contributed by atoms with Crippen molar-refractivity contribution in [1.82, 2.24) is 0 Å². The number of hydrogen-bond acceptors (Lipinski definition) is 2. The minimum atomic E-state index is 0.129. The Morgan fingerprint density at radius 2 is 2.00 bits per heavy atom. The van der Waals surface area contributed by atoms with Gasteiger partial charge in [0.15, 0.2) is 0 Å². The van der Waals surface area contributed by atoms with Gasteiger partial charge in [0.05, 0.1) is 0 Å². The van der Waals surface area contributed by atoms with Crippen LogP contribution in [0.3, 0.4) is 0 Å². The van der Waals surface area contributed by atoms with E-state index in [0.29, 0.717) is 11.8 Å². The molecule has 0 heterocycles. The number of hydrogen-bond donors (Lipinski definition) is 1. The van der Waals surface area contributed by atoms with E-state index in [4.69, 9.17) is 0 Å². The number of allylic oxidation sites excluding steroid dienone is 1. The van der Waals surface area contributed by atoms with Gasteiger partial charge in [-0.25, -0.2) is 0 Å². The number of rotatable bonds is 3. The molecule has 0 fully saturated rings. The van der Waals surface area contributed by atoms with E-state index in [0.717, 1.165) is 12.0 Å². The summed E-state index contributed by atoms with van der Waals surface area (Å²) in [5.41, 5.74) is 1.74. The summed E-state index contributed by atoms with van der Waals surface area (Å²) < 4.78 is 0. The van der Waals surface area contributed by atoms with E-state index in [2.05, 4.69) is 20.8 Å². The van der Waals surface area contributed by atoms with Crippen LogP contribution in [0.1, 0.15) is 31.9 Å². The smallest absolute Gasteiger partial charge is 0.142 e. The maximum Gasteiger partial charge on any atom is 0.142 e. The Balaban J connectivity index is 3.04. The molecule has 0 spiro atoms. The van der Waals surface area contributed by atoms with Gasteiger partial charge in [-0.05, 0) is 29.6 Å². The predicted molar refractivity (Wildman–Crippen MR) is 66.4 cm³/mol. The highest BCUT2D eigenvalue weighted by molar-refractivity contribution is 5.75. The van der Waals surface area contributed by atoms with Crippen LogP contribution < -0.4 is 0 Å². The summed E-state index contributed by atoms with van der Waals surface area (Å²) >= 11 is 0. The molecule has 0 aromatic heterocycles. The third kappa shape index (κ3) is 3.54. The molecule has 0 bridgehead atoms. The number of phenolic OH excluding ortho intramolecular Hbond substituents is 1. The van der Waals surface area contributed by atoms with Gasteiger partial charge < -0.3 is 5.11 Å². The SMILES string of the molecule is CC(C)(C)Cc1cccc(/C=C/C=O)c1O. The summed E-state index contributed by atoms with van der Waals surface area (Å²) in [6, 6.07) is 5.60.